The summed E-state index contributed by atoms with van der Waals surface area (Å²) in [6.07, 6.45) is 8.58. The van der Waals surface area contributed by atoms with Crippen LogP contribution in [0.25, 0.3) is 10.9 Å². The molecule has 1 N–H and O–H groups in total. The third-order valence-corrected chi connectivity index (χ3v) is 5.15. The number of rotatable bonds is 7. The number of nitrogens with zero attached hydrogens (tertiary/aromatic N) is 4. The molecule has 3 heterocycles. The Morgan fingerprint density at radius 1 is 1.11 bits per heavy atom. The van der Waals surface area contributed by atoms with Crippen molar-refractivity contribution in [1.82, 2.24) is 25.0 Å². The fourth-order valence-corrected chi connectivity index (χ4v) is 3.81. The Hall–Kier alpha value is -2.73. The largest absolute Gasteiger partial charge is 0.354 e. The summed E-state index contributed by atoms with van der Waals surface area (Å²) in [6, 6.07) is 11.8. The Bertz CT molecular complexity index is 886. The first-order valence-corrected chi connectivity index (χ1v) is 9.65. The quantitative estimate of drug-likeness (QED) is 0.656. The second kappa shape index (κ2) is 8.31. The molecule has 6 heteroatoms. The van der Waals surface area contributed by atoms with Gasteiger partial charge in [-0.3, -0.25) is 19.4 Å². The molecule has 1 aliphatic heterocycles. The summed E-state index contributed by atoms with van der Waals surface area (Å²) in [5.41, 5.74) is 2.10. The molecular formula is C21H25N5O. The van der Waals surface area contributed by atoms with Crippen LogP contribution in [0.3, 0.4) is 0 Å². The molecule has 0 aliphatic carbocycles. The number of amides is 1. The molecule has 0 spiro atoms. The number of likely N-dealkylation sites (tertiary alicyclic amines) is 1. The van der Waals surface area contributed by atoms with Crippen LogP contribution in [-0.2, 0) is 11.3 Å². The zero-order valence-electron chi connectivity index (χ0n) is 15.4. The molecule has 1 amide bonds. The Labute approximate surface area is 159 Å². The van der Waals surface area contributed by atoms with Crippen molar-refractivity contribution in [2.24, 2.45) is 0 Å². The number of carbonyl (C=O) groups excluding carboxylic acids is 1. The lowest BCUT2D eigenvalue weighted by molar-refractivity contribution is -0.126. The standard InChI is InChI=1S/C21H25N5O/c27-21(20(25-12-3-4-13-25)18-8-5-10-22-15-18)23-11-6-14-26-19-9-2-1-7-17(19)16-24-26/h1-2,5,7-10,15-16,20H,3-4,6,11-14H2,(H,23,27)/t20-/m1/s1. The Morgan fingerprint density at radius 3 is 2.78 bits per heavy atom. The van der Waals surface area contributed by atoms with Gasteiger partial charge in [0.15, 0.2) is 0 Å². The molecule has 0 saturated carbocycles. The zero-order chi connectivity index (χ0) is 18.5. The first-order valence-electron chi connectivity index (χ1n) is 9.65. The molecule has 1 atom stereocenters. The first-order chi connectivity index (χ1) is 13.3. The highest BCUT2D eigenvalue weighted by atomic mass is 16.2. The van der Waals surface area contributed by atoms with Crippen molar-refractivity contribution in [2.75, 3.05) is 19.6 Å². The van der Waals surface area contributed by atoms with Crippen LogP contribution in [0.5, 0.6) is 0 Å². The van der Waals surface area contributed by atoms with E-state index in [-0.39, 0.29) is 11.9 Å². The summed E-state index contributed by atoms with van der Waals surface area (Å²) < 4.78 is 2.00. The zero-order valence-corrected chi connectivity index (χ0v) is 15.4. The maximum atomic E-state index is 12.9. The monoisotopic (exact) mass is 363 g/mol. The van der Waals surface area contributed by atoms with Crippen LogP contribution >= 0.6 is 0 Å². The molecule has 0 unspecified atom stereocenters. The number of para-hydroxylation sites is 1. The molecule has 2 aromatic heterocycles. The maximum Gasteiger partial charge on any atom is 0.242 e. The number of carbonyl (C=O) groups is 1. The topological polar surface area (TPSA) is 63.1 Å². The number of aromatic nitrogens is 3. The Kier molecular flexibility index (Phi) is 5.44. The third-order valence-electron chi connectivity index (χ3n) is 5.15. The summed E-state index contributed by atoms with van der Waals surface area (Å²) in [5.74, 6) is 0.0650. The minimum Gasteiger partial charge on any atom is -0.354 e. The molecule has 1 aromatic carbocycles. The van der Waals surface area contributed by atoms with Gasteiger partial charge in [0, 0.05) is 30.9 Å². The number of pyridine rings is 1. The van der Waals surface area contributed by atoms with Gasteiger partial charge in [-0.25, -0.2) is 0 Å². The van der Waals surface area contributed by atoms with Gasteiger partial charge < -0.3 is 5.32 Å². The highest BCUT2D eigenvalue weighted by Gasteiger charge is 2.29. The number of hydrogen-bond acceptors (Lipinski definition) is 4. The number of aryl methyl sites for hydroxylation is 1. The normalized spacial score (nSPS) is 15.9. The molecule has 6 nitrogen and oxygen atoms in total. The van der Waals surface area contributed by atoms with E-state index in [1.807, 2.05) is 35.1 Å². The van der Waals surface area contributed by atoms with Crippen LogP contribution in [0.2, 0.25) is 0 Å². The summed E-state index contributed by atoms with van der Waals surface area (Å²) in [7, 11) is 0. The molecule has 0 radical (unpaired) electrons. The molecule has 0 bridgehead atoms. The van der Waals surface area contributed by atoms with E-state index in [4.69, 9.17) is 0 Å². The molecule has 140 valence electrons. The third kappa shape index (κ3) is 4.01. The van der Waals surface area contributed by atoms with Gasteiger partial charge in [0.05, 0.1) is 11.7 Å². The minimum absolute atomic E-state index is 0.0650. The molecule has 27 heavy (non-hydrogen) atoms. The second-order valence-corrected chi connectivity index (χ2v) is 7.00. The molecule has 1 fully saturated rings. The lowest BCUT2D eigenvalue weighted by atomic mass is 10.1. The van der Waals surface area contributed by atoms with Crippen molar-refractivity contribution in [1.29, 1.82) is 0 Å². The summed E-state index contributed by atoms with van der Waals surface area (Å²) in [4.78, 5) is 19.4. The predicted molar refractivity (Wildman–Crippen MR) is 105 cm³/mol. The van der Waals surface area contributed by atoms with E-state index in [0.29, 0.717) is 6.54 Å². The highest BCUT2D eigenvalue weighted by molar-refractivity contribution is 5.83. The fourth-order valence-electron chi connectivity index (χ4n) is 3.81. The van der Waals surface area contributed by atoms with Crippen LogP contribution in [-0.4, -0.2) is 45.2 Å². The average molecular weight is 363 g/mol. The van der Waals surface area contributed by atoms with Gasteiger partial charge in [-0.15, -0.1) is 0 Å². The van der Waals surface area contributed by atoms with Crippen molar-refractivity contribution in [3.8, 4) is 0 Å². The summed E-state index contributed by atoms with van der Waals surface area (Å²) >= 11 is 0. The van der Waals surface area contributed by atoms with Gasteiger partial charge in [-0.1, -0.05) is 24.3 Å². The van der Waals surface area contributed by atoms with Gasteiger partial charge in [0.1, 0.15) is 6.04 Å². The number of benzene rings is 1. The van der Waals surface area contributed by atoms with Gasteiger partial charge in [-0.05, 0) is 50.0 Å². The van der Waals surface area contributed by atoms with Crippen molar-refractivity contribution in [2.45, 2.75) is 31.8 Å². The Morgan fingerprint density at radius 2 is 1.96 bits per heavy atom. The van der Waals surface area contributed by atoms with Crippen molar-refractivity contribution < 1.29 is 4.79 Å². The van der Waals surface area contributed by atoms with Crippen molar-refractivity contribution >= 4 is 16.8 Å². The van der Waals surface area contributed by atoms with Crippen molar-refractivity contribution in [3.63, 3.8) is 0 Å². The van der Waals surface area contributed by atoms with Gasteiger partial charge >= 0.3 is 0 Å². The van der Waals surface area contributed by atoms with E-state index in [2.05, 4.69) is 32.4 Å². The highest BCUT2D eigenvalue weighted by Crippen LogP contribution is 2.24. The Balaban J connectivity index is 1.35. The summed E-state index contributed by atoms with van der Waals surface area (Å²) in [5, 5.41) is 8.71. The predicted octanol–water partition coefficient (Wildman–Crippen LogP) is 2.77. The number of fused-ring (bicyclic) bond motifs is 1. The van der Waals surface area contributed by atoms with Crippen LogP contribution in [0.15, 0.2) is 55.0 Å². The van der Waals surface area contributed by atoms with E-state index in [1.54, 1.807) is 12.4 Å². The SMILES string of the molecule is O=C(NCCCn1ncc2ccccc21)[C@@H](c1cccnc1)N1CCCC1. The van der Waals surface area contributed by atoms with Crippen LogP contribution in [0.4, 0.5) is 0 Å². The average Bonchev–Trinajstić information content (AvgIpc) is 3.37. The van der Waals surface area contributed by atoms with E-state index >= 15 is 0 Å². The fraction of sp³-hybridized carbons (Fsp3) is 0.381. The van der Waals surface area contributed by atoms with Crippen LogP contribution in [0, 0.1) is 0 Å². The molecule has 1 saturated heterocycles. The van der Waals surface area contributed by atoms with Crippen molar-refractivity contribution in [3.05, 3.63) is 60.6 Å². The molecule has 3 aromatic rings. The van der Waals surface area contributed by atoms with Gasteiger partial charge in [0.2, 0.25) is 5.91 Å². The van der Waals surface area contributed by atoms with E-state index < -0.39 is 0 Å². The number of hydrogen-bond donors (Lipinski definition) is 1. The first kappa shape index (κ1) is 17.7. The second-order valence-electron chi connectivity index (χ2n) is 7.00. The van der Waals surface area contributed by atoms with Crippen LogP contribution in [0.1, 0.15) is 30.9 Å². The summed E-state index contributed by atoms with van der Waals surface area (Å²) in [6.45, 7) is 3.35. The van der Waals surface area contributed by atoms with Crippen LogP contribution < -0.4 is 5.32 Å². The minimum atomic E-state index is -0.244. The lowest BCUT2D eigenvalue weighted by Gasteiger charge is -2.26. The molecular weight excluding hydrogens is 338 g/mol. The van der Waals surface area contributed by atoms with E-state index in [0.717, 1.165) is 55.4 Å². The smallest absolute Gasteiger partial charge is 0.242 e. The molecule has 1 aliphatic rings. The maximum absolute atomic E-state index is 12.9. The van der Waals surface area contributed by atoms with Gasteiger partial charge in [-0.2, -0.15) is 5.10 Å². The van der Waals surface area contributed by atoms with Gasteiger partial charge in [0.25, 0.3) is 0 Å². The van der Waals surface area contributed by atoms with E-state index in [9.17, 15) is 4.79 Å². The lowest BCUT2D eigenvalue weighted by Crippen LogP contribution is -2.39. The number of nitrogens with one attached hydrogen (secondary N) is 1. The molecule has 4 rings (SSSR count). The van der Waals surface area contributed by atoms with E-state index in [1.165, 1.54) is 0 Å².